The number of hydrogen-bond acceptors (Lipinski definition) is 3. The summed E-state index contributed by atoms with van der Waals surface area (Å²) < 4.78 is 5.22. The Morgan fingerprint density at radius 1 is 1.38 bits per heavy atom. The Morgan fingerprint density at radius 3 is 2.69 bits per heavy atom. The molecular formula is C12H24N2O2. The lowest BCUT2D eigenvalue weighted by molar-refractivity contribution is -0.133. The maximum absolute atomic E-state index is 12.0. The largest absolute Gasteiger partial charge is 0.380 e. The zero-order chi connectivity index (χ0) is 11.8. The smallest absolute Gasteiger partial charge is 0.239 e. The van der Waals surface area contributed by atoms with Gasteiger partial charge in [-0.2, -0.15) is 0 Å². The van der Waals surface area contributed by atoms with Crippen LogP contribution in [-0.2, 0) is 9.53 Å². The van der Waals surface area contributed by atoms with Crippen LogP contribution in [0.25, 0.3) is 0 Å². The van der Waals surface area contributed by atoms with Gasteiger partial charge in [-0.1, -0.05) is 0 Å². The second-order valence-corrected chi connectivity index (χ2v) is 4.26. The van der Waals surface area contributed by atoms with Gasteiger partial charge in [0.1, 0.15) is 0 Å². The van der Waals surface area contributed by atoms with E-state index in [1.807, 2.05) is 18.7 Å². The number of carbonyl (C=O) groups is 1. The zero-order valence-electron chi connectivity index (χ0n) is 10.5. The maximum atomic E-state index is 12.0. The van der Waals surface area contributed by atoms with Crippen LogP contribution in [0.5, 0.6) is 0 Å². The summed E-state index contributed by atoms with van der Waals surface area (Å²) in [6.45, 7) is 7.91. The number of nitrogens with one attached hydrogen (secondary N) is 1. The van der Waals surface area contributed by atoms with Gasteiger partial charge < -0.3 is 15.0 Å². The van der Waals surface area contributed by atoms with Crippen molar-refractivity contribution in [3.8, 4) is 0 Å². The minimum absolute atomic E-state index is 0.0847. The van der Waals surface area contributed by atoms with Crippen LogP contribution >= 0.6 is 0 Å². The Bertz CT molecular complexity index is 203. The lowest BCUT2D eigenvalue weighted by Crippen LogP contribution is -2.47. The van der Waals surface area contributed by atoms with E-state index in [0.29, 0.717) is 6.61 Å². The summed E-state index contributed by atoms with van der Waals surface area (Å²) in [5.74, 6) is 0.233. The molecule has 1 amide bonds. The Kier molecular flexibility index (Phi) is 6.42. The van der Waals surface area contributed by atoms with Crippen molar-refractivity contribution in [3.63, 3.8) is 0 Å². The SMILES string of the molecule is CCOCCNC(C)C(=O)N1CCCCC1. The van der Waals surface area contributed by atoms with Gasteiger partial charge in [-0.15, -0.1) is 0 Å². The van der Waals surface area contributed by atoms with Crippen molar-refractivity contribution in [1.82, 2.24) is 10.2 Å². The average molecular weight is 228 g/mol. The topological polar surface area (TPSA) is 41.6 Å². The number of amides is 1. The van der Waals surface area contributed by atoms with Crippen molar-refractivity contribution in [3.05, 3.63) is 0 Å². The lowest BCUT2D eigenvalue weighted by Gasteiger charge is -2.29. The van der Waals surface area contributed by atoms with E-state index in [9.17, 15) is 4.79 Å². The van der Waals surface area contributed by atoms with Crippen molar-refractivity contribution in [1.29, 1.82) is 0 Å². The van der Waals surface area contributed by atoms with Gasteiger partial charge in [0.2, 0.25) is 5.91 Å². The van der Waals surface area contributed by atoms with Crippen LogP contribution in [0.4, 0.5) is 0 Å². The first-order chi connectivity index (χ1) is 7.75. The lowest BCUT2D eigenvalue weighted by atomic mass is 10.1. The van der Waals surface area contributed by atoms with E-state index < -0.39 is 0 Å². The predicted octanol–water partition coefficient (Wildman–Crippen LogP) is 1.01. The quantitative estimate of drug-likeness (QED) is 0.690. The Balaban J connectivity index is 2.18. The molecule has 1 fully saturated rings. The van der Waals surface area contributed by atoms with E-state index in [1.54, 1.807) is 0 Å². The molecule has 0 aromatic heterocycles. The fraction of sp³-hybridized carbons (Fsp3) is 0.917. The number of rotatable bonds is 6. The normalized spacial score (nSPS) is 18.5. The highest BCUT2D eigenvalue weighted by Gasteiger charge is 2.21. The summed E-state index contributed by atoms with van der Waals surface area (Å²) in [7, 11) is 0. The van der Waals surface area contributed by atoms with Crippen molar-refractivity contribution in [2.75, 3.05) is 32.8 Å². The summed E-state index contributed by atoms with van der Waals surface area (Å²) in [5.41, 5.74) is 0. The highest BCUT2D eigenvalue weighted by Crippen LogP contribution is 2.09. The molecule has 1 heterocycles. The average Bonchev–Trinajstić information content (AvgIpc) is 2.34. The molecule has 1 unspecified atom stereocenters. The third-order valence-corrected chi connectivity index (χ3v) is 2.94. The van der Waals surface area contributed by atoms with Crippen LogP contribution in [0, 0.1) is 0 Å². The number of hydrogen-bond donors (Lipinski definition) is 1. The van der Waals surface area contributed by atoms with Gasteiger partial charge in [0.25, 0.3) is 0 Å². The Hall–Kier alpha value is -0.610. The van der Waals surface area contributed by atoms with Gasteiger partial charge in [-0.25, -0.2) is 0 Å². The number of carbonyl (C=O) groups excluding carboxylic acids is 1. The molecule has 0 bridgehead atoms. The van der Waals surface area contributed by atoms with Crippen LogP contribution in [0.15, 0.2) is 0 Å². The van der Waals surface area contributed by atoms with E-state index in [0.717, 1.165) is 39.1 Å². The molecule has 0 spiro atoms. The van der Waals surface area contributed by atoms with Crippen molar-refractivity contribution < 1.29 is 9.53 Å². The molecule has 0 aromatic rings. The summed E-state index contributed by atoms with van der Waals surface area (Å²) in [4.78, 5) is 14.0. The summed E-state index contributed by atoms with van der Waals surface area (Å²) in [5, 5.41) is 3.20. The molecule has 16 heavy (non-hydrogen) atoms. The Morgan fingerprint density at radius 2 is 2.06 bits per heavy atom. The molecular weight excluding hydrogens is 204 g/mol. The van der Waals surface area contributed by atoms with Crippen LogP contribution in [0.1, 0.15) is 33.1 Å². The van der Waals surface area contributed by atoms with Gasteiger partial charge in [0.15, 0.2) is 0 Å². The van der Waals surface area contributed by atoms with Crippen molar-refractivity contribution in [2.24, 2.45) is 0 Å². The highest BCUT2D eigenvalue weighted by atomic mass is 16.5. The van der Waals surface area contributed by atoms with E-state index in [1.165, 1.54) is 6.42 Å². The zero-order valence-corrected chi connectivity index (χ0v) is 10.5. The molecule has 4 nitrogen and oxygen atoms in total. The van der Waals surface area contributed by atoms with Gasteiger partial charge >= 0.3 is 0 Å². The minimum atomic E-state index is -0.0847. The molecule has 1 aliphatic rings. The number of nitrogens with zero attached hydrogens (tertiary/aromatic N) is 1. The summed E-state index contributed by atoms with van der Waals surface area (Å²) in [6.07, 6.45) is 3.56. The minimum Gasteiger partial charge on any atom is -0.380 e. The number of likely N-dealkylation sites (tertiary alicyclic amines) is 1. The first kappa shape index (κ1) is 13.5. The second-order valence-electron chi connectivity index (χ2n) is 4.26. The molecule has 0 aromatic carbocycles. The molecule has 1 rings (SSSR count). The van der Waals surface area contributed by atoms with Crippen LogP contribution in [0.3, 0.4) is 0 Å². The molecule has 1 aliphatic heterocycles. The molecule has 1 N–H and O–H groups in total. The predicted molar refractivity (Wildman–Crippen MR) is 64.4 cm³/mol. The second kappa shape index (κ2) is 7.63. The highest BCUT2D eigenvalue weighted by molar-refractivity contribution is 5.81. The standard InChI is InChI=1S/C12H24N2O2/c1-3-16-10-7-13-11(2)12(15)14-8-5-4-6-9-14/h11,13H,3-10H2,1-2H3. The van der Waals surface area contributed by atoms with Gasteiger partial charge in [0.05, 0.1) is 12.6 Å². The number of piperidine rings is 1. The van der Waals surface area contributed by atoms with Crippen LogP contribution in [-0.4, -0.2) is 49.7 Å². The molecule has 1 atom stereocenters. The Labute approximate surface area is 98.3 Å². The van der Waals surface area contributed by atoms with Gasteiger partial charge in [-0.05, 0) is 33.1 Å². The molecule has 0 radical (unpaired) electrons. The third-order valence-electron chi connectivity index (χ3n) is 2.94. The summed E-state index contributed by atoms with van der Waals surface area (Å²) >= 11 is 0. The van der Waals surface area contributed by atoms with E-state index in [2.05, 4.69) is 5.32 Å². The summed E-state index contributed by atoms with van der Waals surface area (Å²) in [6, 6.07) is -0.0847. The molecule has 0 aliphatic carbocycles. The molecule has 94 valence electrons. The van der Waals surface area contributed by atoms with Crippen molar-refractivity contribution in [2.45, 2.75) is 39.2 Å². The van der Waals surface area contributed by atoms with E-state index in [-0.39, 0.29) is 11.9 Å². The van der Waals surface area contributed by atoms with E-state index in [4.69, 9.17) is 4.74 Å². The van der Waals surface area contributed by atoms with E-state index >= 15 is 0 Å². The van der Waals surface area contributed by atoms with Crippen LogP contribution < -0.4 is 5.32 Å². The van der Waals surface area contributed by atoms with Crippen LogP contribution in [0.2, 0.25) is 0 Å². The van der Waals surface area contributed by atoms with Gasteiger partial charge in [0, 0.05) is 26.2 Å². The number of ether oxygens (including phenoxy) is 1. The fourth-order valence-electron chi connectivity index (χ4n) is 1.97. The molecule has 1 saturated heterocycles. The first-order valence-electron chi connectivity index (χ1n) is 6.35. The molecule has 0 saturated carbocycles. The fourth-order valence-corrected chi connectivity index (χ4v) is 1.97. The first-order valence-corrected chi connectivity index (χ1v) is 6.35. The van der Waals surface area contributed by atoms with Crippen molar-refractivity contribution >= 4 is 5.91 Å². The van der Waals surface area contributed by atoms with Gasteiger partial charge in [-0.3, -0.25) is 4.79 Å². The third kappa shape index (κ3) is 4.49. The molecule has 4 heteroatoms. The monoisotopic (exact) mass is 228 g/mol. The maximum Gasteiger partial charge on any atom is 0.239 e.